The fourth-order valence-electron chi connectivity index (χ4n) is 1.82. The first-order valence-electron chi connectivity index (χ1n) is 5.62. The summed E-state index contributed by atoms with van der Waals surface area (Å²) in [5.41, 5.74) is 6.33. The van der Waals surface area contributed by atoms with Gasteiger partial charge >= 0.3 is 6.09 Å². The Bertz CT molecular complexity index is 551. The molecule has 1 unspecified atom stereocenters. The Morgan fingerprint density at radius 2 is 2.17 bits per heavy atom. The van der Waals surface area contributed by atoms with Crippen LogP contribution in [0.25, 0.3) is 10.9 Å². The summed E-state index contributed by atoms with van der Waals surface area (Å²) in [5, 5.41) is 11.0. The molecule has 1 atom stereocenters. The summed E-state index contributed by atoms with van der Waals surface area (Å²) < 4.78 is 4.60. The lowest BCUT2D eigenvalue weighted by Crippen LogP contribution is -2.15. The number of nitrogens with two attached hydrogens (primary N) is 1. The van der Waals surface area contributed by atoms with Gasteiger partial charge in [-0.15, -0.1) is 0 Å². The zero-order valence-corrected chi connectivity index (χ0v) is 9.74. The number of nitrogens with zero attached hydrogens (tertiary/aromatic N) is 1. The Hall–Kier alpha value is -2.14. The highest BCUT2D eigenvalue weighted by Gasteiger charge is 2.12. The molecule has 2 aromatic rings. The first kappa shape index (κ1) is 12.3. The van der Waals surface area contributed by atoms with Gasteiger partial charge < -0.3 is 15.6 Å². The van der Waals surface area contributed by atoms with Gasteiger partial charge in [0.1, 0.15) is 0 Å². The number of aliphatic hydroxyl groups excluding tert-OH is 1. The second-order valence-corrected chi connectivity index (χ2v) is 3.89. The van der Waals surface area contributed by atoms with E-state index in [4.69, 9.17) is 5.73 Å². The molecule has 1 amide bonds. The standard InChI is InChI=1S/C13H14N2O3/c14-13(17)18-8-6-11(16)10-5-1-3-9-4-2-7-15-12(9)10/h1-5,7,11,16H,6,8H2,(H2,14,17). The zero-order valence-electron chi connectivity index (χ0n) is 9.74. The fourth-order valence-corrected chi connectivity index (χ4v) is 1.82. The molecule has 0 bridgehead atoms. The number of fused-ring (bicyclic) bond motifs is 1. The maximum Gasteiger partial charge on any atom is 0.404 e. The number of hydrogen-bond donors (Lipinski definition) is 2. The first-order chi connectivity index (χ1) is 8.68. The van der Waals surface area contributed by atoms with Gasteiger partial charge in [-0.2, -0.15) is 0 Å². The number of rotatable bonds is 4. The van der Waals surface area contributed by atoms with Gasteiger partial charge in [-0.05, 0) is 6.07 Å². The van der Waals surface area contributed by atoms with Gasteiger partial charge in [-0.3, -0.25) is 4.98 Å². The molecular weight excluding hydrogens is 232 g/mol. The number of hydrogen-bond acceptors (Lipinski definition) is 4. The van der Waals surface area contributed by atoms with E-state index in [9.17, 15) is 9.90 Å². The lowest BCUT2D eigenvalue weighted by Gasteiger charge is -2.12. The van der Waals surface area contributed by atoms with E-state index in [-0.39, 0.29) is 6.61 Å². The lowest BCUT2D eigenvalue weighted by atomic mass is 10.0. The minimum atomic E-state index is -0.835. The molecule has 0 aliphatic rings. The number of para-hydroxylation sites is 1. The maximum atomic E-state index is 10.4. The number of primary amides is 1. The predicted octanol–water partition coefficient (Wildman–Crippen LogP) is 1.75. The van der Waals surface area contributed by atoms with Gasteiger partial charge in [0.25, 0.3) is 0 Å². The second-order valence-electron chi connectivity index (χ2n) is 3.89. The highest BCUT2D eigenvalue weighted by atomic mass is 16.5. The Labute approximate surface area is 104 Å². The molecule has 0 aliphatic heterocycles. The summed E-state index contributed by atoms with van der Waals surface area (Å²) in [5.74, 6) is 0. The van der Waals surface area contributed by atoms with E-state index in [0.29, 0.717) is 6.42 Å². The van der Waals surface area contributed by atoms with E-state index in [1.807, 2.05) is 30.3 Å². The van der Waals surface area contributed by atoms with E-state index in [0.717, 1.165) is 16.5 Å². The van der Waals surface area contributed by atoms with Crippen LogP contribution < -0.4 is 5.73 Å². The van der Waals surface area contributed by atoms with Crippen molar-refractivity contribution in [2.45, 2.75) is 12.5 Å². The van der Waals surface area contributed by atoms with Crippen LogP contribution in [0.4, 0.5) is 4.79 Å². The van der Waals surface area contributed by atoms with Crippen molar-refractivity contribution in [3.8, 4) is 0 Å². The topological polar surface area (TPSA) is 85.4 Å². The minimum Gasteiger partial charge on any atom is -0.450 e. The Morgan fingerprint density at radius 3 is 2.94 bits per heavy atom. The molecule has 3 N–H and O–H groups in total. The molecule has 1 heterocycles. The Kier molecular flexibility index (Phi) is 3.74. The molecule has 0 radical (unpaired) electrons. The average Bonchev–Trinajstić information content (AvgIpc) is 2.37. The van der Waals surface area contributed by atoms with Crippen molar-refractivity contribution in [1.29, 1.82) is 0 Å². The molecule has 1 aromatic carbocycles. The Balaban J connectivity index is 2.17. The lowest BCUT2D eigenvalue weighted by molar-refractivity contribution is 0.112. The smallest absolute Gasteiger partial charge is 0.404 e. The third-order valence-electron chi connectivity index (χ3n) is 2.66. The number of amides is 1. The zero-order chi connectivity index (χ0) is 13.0. The van der Waals surface area contributed by atoms with Crippen LogP contribution in [0.15, 0.2) is 36.5 Å². The van der Waals surface area contributed by atoms with Gasteiger partial charge in [0.05, 0.1) is 18.2 Å². The van der Waals surface area contributed by atoms with Gasteiger partial charge in [0.15, 0.2) is 0 Å². The van der Waals surface area contributed by atoms with Crippen molar-refractivity contribution < 1.29 is 14.6 Å². The summed E-state index contributed by atoms with van der Waals surface area (Å²) in [4.78, 5) is 14.7. The van der Waals surface area contributed by atoms with E-state index >= 15 is 0 Å². The normalized spacial score (nSPS) is 12.3. The summed E-state index contributed by atoms with van der Waals surface area (Å²) in [6.07, 6.45) is 0.401. The molecule has 0 spiro atoms. The predicted molar refractivity (Wildman–Crippen MR) is 66.9 cm³/mol. The van der Waals surface area contributed by atoms with Crippen LogP contribution in [0.2, 0.25) is 0 Å². The molecule has 5 heteroatoms. The average molecular weight is 246 g/mol. The van der Waals surface area contributed by atoms with E-state index < -0.39 is 12.2 Å². The number of benzene rings is 1. The molecule has 18 heavy (non-hydrogen) atoms. The van der Waals surface area contributed by atoms with Crippen LogP contribution in [-0.2, 0) is 4.74 Å². The highest BCUT2D eigenvalue weighted by molar-refractivity contribution is 5.81. The SMILES string of the molecule is NC(=O)OCCC(O)c1cccc2cccnc12. The van der Waals surface area contributed by atoms with Crippen LogP contribution in [0.5, 0.6) is 0 Å². The largest absolute Gasteiger partial charge is 0.450 e. The molecule has 0 fully saturated rings. The number of pyridine rings is 1. The van der Waals surface area contributed by atoms with Crippen LogP contribution in [0.3, 0.4) is 0 Å². The maximum absolute atomic E-state index is 10.4. The van der Waals surface area contributed by atoms with Crippen LogP contribution in [0, 0.1) is 0 Å². The molecular formula is C13H14N2O3. The Morgan fingerprint density at radius 1 is 1.39 bits per heavy atom. The number of ether oxygens (including phenoxy) is 1. The summed E-state index contributed by atoms with van der Waals surface area (Å²) in [7, 11) is 0. The van der Waals surface area contributed by atoms with E-state index in [1.165, 1.54) is 0 Å². The number of carbonyl (C=O) groups is 1. The summed E-state index contributed by atoms with van der Waals surface area (Å²) in [6, 6.07) is 9.37. The molecule has 0 saturated carbocycles. The van der Waals surface area contributed by atoms with Crippen molar-refractivity contribution in [2.75, 3.05) is 6.61 Å². The number of aliphatic hydroxyl groups is 1. The minimum absolute atomic E-state index is 0.0831. The third-order valence-corrected chi connectivity index (χ3v) is 2.66. The van der Waals surface area contributed by atoms with Crippen molar-refractivity contribution in [2.24, 2.45) is 5.73 Å². The molecule has 94 valence electrons. The van der Waals surface area contributed by atoms with Gasteiger partial charge in [0, 0.05) is 23.6 Å². The summed E-state index contributed by atoms with van der Waals surface area (Å²) in [6.45, 7) is 0.0831. The second kappa shape index (κ2) is 5.46. The van der Waals surface area contributed by atoms with Crippen LogP contribution in [-0.4, -0.2) is 22.8 Å². The number of carbonyl (C=O) groups excluding carboxylic acids is 1. The fraction of sp³-hybridized carbons (Fsp3) is 0.231. The van der Waals surface area contributed by atoms with Crippen molar-refractivity contribution in [3.63, 3.8) is 0 Å². The molecule has 1 aromatic heterocycles. The number of aromatic nitrogens is 1. The van der Waals surface area contributed by atoms with E-state index in [2.05, 4.69) is 9.72 Å². The van der Waals surface area contributed by atoms with Gasteiger partial charge in [-0.1, -0.05) is 24.3 Å². The van der Waals surface area contributed by atoms with Crippen molar-refractivity contribution in [1.82, 2.24) is 4.98 Å². The monoisotopic (exact) mass is 246 g/mol. The molecule has 0 aliphatic carbocycles. The third kappa shape index (κ3) is 2.75. The van der Waals surface area contributed by atoms with Gasteiger partial charge in [-0.25, -0.2) is 4.79 Å². The first-order valence-corrected chi connectivity index (χ1v) is 5.62. The van der Waals surface area contributed by atoms with Crippen LogP contribution >= 0.6 is 0 Å². The molecule has 2 rings (SSSR count). The van der Waals surface area contributed by atoms with E-state index in [1.54, 1.807) is 6.20 Å². The molecule has 0 saturated heterocycles. The van der Waals surface area contributed by atoms with Gasteiger partial charge in [0.2, 0.25) is 0 Å². The van der Waals surface area contributed by atoms with Crippen LogP contribution in [0.1, 0.15) is 18.1 Å². The molecule has 5 nitrogen and oxygen atoms in total. The quantitative estimate of drug-likeness (QED) is 0.860. The highest BCUT2D eigenvalue weighted by Crippen LogP contribution is 2.24. The van der Waals surface area contributed by atoms with Crippen molar-refractivity contribution in [3.05, 3.63) is 42.1 Å². The van der Waals surface area contributed by atoms with Crippen molar-refractivity contribution >= 4 is 17.0 Å². The summed E-state index contributed by atoms with van der Waals surface area (Å²) >= 11 is 0.